The molecule has 9 heteroatoms. The number of carbonyl (C=O) groups is 3. The zero-order valence-electron chi connectivity index (χ0n) is 23.3. The number of amides is 2. The van der Waals surface area contributed by atoms with Gasteiger partial charge in [-0.2, -0.15) is 13.2 Å². The molecule has 2 aromatic rings. The quantitative estimate of drug-likeness (QED) is 0.160. The number of hydrogen-bond acceptors (Lipinski definition) is 3. The van der Waals surface area contributed by atoms with E-state index < -0.39 is 23.6 Å². The number of rotatable bonds is 17. The van der Waals surface area contributed by atoms with Crippen LogP contribution in [0.4, 0.5) is 13.2 Å². The molecule has 2 rings (SSSR count). The van der Waals surface area contributed by atoms with Gasteiger partial charge in [-0.1, -0.05) is 95.0 Å². The molecule has 0 unspecified atom stereocenters. The largest absolute Gasteiger partial charge is 0.474 e. The standard InChI is InChI=1S/C31H41F3N2O4/c1-2-3-4-5-6-7-8-9-10-11-20-35-28(37)26-17-15-25(16-18-26)23-36(29(38)30(39)40)21-19-24-13-12-14-27(22-24)31(32,33)34/h12-18,22H,2-11,19-21,23H2,1H3,(H,35,37)(H,39,40). The topological polar surface area (TPSA) is 86.7 Å². The van der Waals surface area contributed by atoms with E-state index in [1.807, 2.05) is 0 Å². The van der Waals surface area contributed by atoms with Crippen molar-refractivity contribution in [3.63, 3.8) is 0 Å². The fourth-order valence-electron chi connectivity index (χ4n) is 4.45. The summed E-state index contributed by atoms with van der Waals surface area (Å²) >= 11 is 0. The Kier molecular flexibility index (Phi) is 14.3. The van der Waals surface area contributed by atoms with Gasteiger partial charge in [0.1, 0.15) is 0 Å². The van der Waals surface area contributed by atoms with E-state index in [-0.39, 0.29) is 25.4 Å². The summed E-state index contributed by atoms with van der Waals surface area (Å²) in [7, 11) is 0. The third-order valence-electron chi connectivity index (χ3n) is 6.80. The molecule has 2 amide bonds. The molecule has 6 nitrogen and oxygen atoms in total. The lowest BCUT2D eigenvalue weighted by Gasteiger charge is -2.21. The second-order valence-corrected chi connectivity index (χ2v) is 10.1. The van der Waals surface area contributed by atoms with Crippen molar-refractivity contribution >= 4 is 17.8 Å². The number of unbranched alkanes of at least 4 members (excludes halogenated alkanes) is 9. The number of halogens is 3. The summed E-state index contributed by atoms with van der Waals surface area (Å²) in [6, 6.07) is 11.2. The molecule has 0 atom stereocenters. The van der Waals surface area contributed by atoms with Gasteiger partial charge in [-0.25, -0.2) is 4.79 Å². The van der Waals surface area contributed by atoms with Crippen LogP contribution in [-0.2, 0) is 28.7 Å². The predicted octanol–water partition coefficient (Wildman–Crippen LogP) is 7.01. The molecule has 2 aromatic carbocycles. The third kappa shape index (κ3) is 12.2. The number of carboxylic acid groups (broad SMARTS) is 1. The van der Waals surface area contributed by atoms with Crippen LogP contribution in [0.25, 0.3) is 0 Å². The summed E-state index contributed by atoms with van der Waals surface area (Å²) < 4.78 is 39.0. The van der Waals surface area contributed by atoms with E-state index in [4.69, 9.17) is 0 Å². The van der Waals surface area contributed by atoms with Crippen molar-refractivity contribution in [2.45, 2.75) is 90.3 Å². The second kappa shape index (κ2) is 17.4. The van der Waals surface area contributed by atoms with Gasteiger partial charge in [-0.3, -0.25) is 9.59 Å². The summed E-state index contributed by atoms with van der Waals surface area (Å²) in [5.74, 6) is -3.00. The molecule has 0 spiro atoms. The van der Waals surface area contributed by atoms with Gasteiger partial charge in [0.15, 0.2) is 0 Å². The van der Waals surface area contributed by atoms with Crippen LogP contribution in [0.3, 0.4) is 0 Å². The molecule has 0 saturated heterocycles. The molecule has 0 fully saturated rings. The Balaban J connectivity index is 1.80. The molecule has 0 aliphatic carbocycles. The number of carbonyl (C=O) groups excluding carboxylic acids is 2. The first kappa shape index (κ1) is 32.8. The number of benzene rings is 2. The maximum absolute atomic E-state index is 13.0. The van der Waals surface area contributed by atoms with Crippen molar-refractivity contribution in [2.75, 3.05) is 13.1 Å². The van der Waals surface area contributed by atoms with Gasteiger partial charge in [0, 0.05) is 25.2 Å². The van der Waals surface area contributed by atoms with Crippen molar-refractivity contribution in [3.8, 4) is 0 Å². The SMILES string of the molecule is CCCCCCCCCCCCNC(=O)c1ccc(CN(CCc2cccc(C(F)(F)F)c2)C(=O)C(=O)O)cc1. The first-order valence-electron chi connectivity index (χ1n) is 14.2. The van der Waals surface area contributed by atoms with Gasteiger partial charge in [0.05, 0.1) is 5.56 Å². The lowest BCUT2D eigenvalue weighted by molar-refractivity contribution is -0.156. The molecule has 0 bridgehead atoms. The van der Waals surface area contributed by atoms with Crippen molar-refractivity contribution in [2.24, 2.45) is 0 Å². The minimum Gasteiger partial charge on any atom is -0.474 e. The van der Waals surface area contributed by atoms with Crippen LogP contribution in [0.5, 0.6) is 0 Å². The van der Waals surface area contributed by atoms with E-state index in [0.29, 0.717) is 23.2 Å². The number of nitrogens with one attached hydrogen (secondary N) is 1. The Bertz CT molecular complexity index is 1070. The monoisotopic (exact) mass is 562 g/mol. The highest BCUT2D eigenvalue weighted by atomic mass is 19.4. The van der Waals surface area contributed by atoms with Crippen LogP contribution in [0.15, 0.2) is 48.5 Å². The molecule has 0 aliphatic heterocycles. The average Bonchev–Trinajstić information content (AvgIpc) is 2.93. The fraction of sp³-hybridized carbons (Fsp3) is 0.516. The van der Waals surface area contributed by atoms with E-state index >= 15 is 0 Å². The van der Waals surface area contributed by atoms with E-state index in [2.05, 4.69) is 12.2 Å². The van der Waals surface area contributed by atoms with Crippen LogP contribution < -0.4 is 5.32 Å². The van der Waals surface area contributed by atoms with Gasteiger partial charge in [-0.05, 0) is 42.2 Å². The Morgan fingerprint density at radius 1 is 0.825 bits per heavy atom. The first-order chi connectivity index (χ1) is 19.1. The smallest absolute Gasteiger partial charge is 0.416 e. The molecule has 0 radical (unpaired) electrons. The number of aliphatic carboxylic acids is 1. The molecule has 0 aromatic heterocycles. The zero-order chi connectivity index (χ0) is 29.4. The van der Waals surface area contributed by atoms with Crippen molar-refractivity contribution in [3.05, 3.63) is 70.8 Å². The summed E-state index contributed by atoms with van der Waals surface area (Å²) in [4.78, 5) is 37.1. The van der Waals surface area contributed by atoms with E-state index in [0.717, 1.165) is 36.3 Å². The summed E-state index contributed by atoms with van der Waals surface area (Å²) in [6.45, 7) is 2.68. The van der Waals surface area contributed by atoms with E-state index in [1.165, 1.54) is 57.1 Å². The summed E-state index contributed by atoms with van der Waals surface area (Å²) in [6.07, 6.45) is 7.72. The van der Waals surface area contributed by atoms with Gasteiger partial charge in [0.2, 0.25) is 0 Å². The number of hydrogen-bond donors (Lipinski definition) is 2. The van der Waals surface area contributed by atoms with Crippen LogP contribution >= 0.6 is 0 Å². The molecule has 0 saturated carbocycles. The lowest BCUT2D eigenvalue weighted by atomic mass is 10.1. The average molecular weight is 563 g/mol. The van der Waals surface area contributed by atoms with Crippen LogP contribution in [0, 0.1) is 0 Å². The van der Waals surface area contributed by atoms with Gasteiger partial charge >= 0.3 is 18.1 Å². The van der Waals surface area contributed by atoms with Crippen LogP contribution in [0.2, 0.25) is 0 Å². The number of alkyl halides is 3. The number of carboxylic acids is 1. The van der Waals surface area contributed by atoms with Gasteiger partial charge in [0.25, 0.3) is 5.91 Å². The second-order valence-electron chi connectivity index (χ2n) is 10.1. The number of nitrogens with zero attached hydrogens (tertiary/aromatic N) is 1. The van der Waals surface area contributed by atoms with Gasteiger partial charge in [-0.15, -0.1) is 0 Å². The Morgan fingerprint density at radius 2 is 1.43 bits per heavy atom. The zero-order valence-corrected chi connectivity index (χ0v) is 23.3. The Morgan fingerprint density at radius 3 is 2.00 bits per heavy atom. The highest BCUT2D eigenvalue weighted by Gasteiger charge is 2.30. The molecule has 0 aliphatic rings. The lowest BCUT2D eigenvalue weighted by Crippen LogP contribution is -2.37. The highest BCUT2D eigenvalue weighted by Crippen LogP contribution is 2.29. The molecule has 40 heavy (non-hydrogen) atoms. The minimum atomic E-state index is -4.49. The summed E-state index contributed by atoms with van der Waals surface area (Å²) in [5, 5.41) is 12.1. The van der Waals surface area contributed by atoms with E-state index in [1.54, 1.807) is 24.3 Å². The van der Waals surface area contributed by atoms with Crippen LogP contribution in [-0.4, -0.2) is 40.9 Å². The Labute approximate surface area is 235 Å². The summed E-state index contributed by atoms with van der Waals surface area (Å²) in [5.41, 5.74) is 0.594. The van der Waals surface area contributed by atoms with Crippen molar-refractivity contribution < 1.29 is 32.7 Å². The van der Waals surface area contributed by atoms with Crippen molar-refractivity contribution in [1.29, 1.82) is 0 Å². The van der Waals surface area contributed by atoms with E-state index in [9.17, 15) is 32.7 Å². The first-order valence-corrected chi connectivity index (χ1v) is 14.2. The normalized spacial score (nSPS) is 11.3. The molecular weight excluding hydrogens is 521 g/mol. The molecule has 220 valence electrons. The molecule has 2 N–H and O–H groups in total. The van der Waals surface area contributed by atoms with Crippen LogP contribution in [0.1, 0.15) is 98.2 Å². The third-order valence-corrected chi connectivity index (χ3v) is 6.80. The minimum absolute atomic E-state index is 0.0510. The highest BCUT2D eigenvalue weighted by molar-refractivity contribution is 6.31. The molecule has 0 heterocycles. The fourth-order valence-corrected chi connectivity index (χ4v) is 4.45. The Hall–Kier alpha value is -3.36. The predicted molar refractivity (Wildman–Crippen MR) is 149 cm³/mol. The maximum Gasteiger partial charge on any atom is 0.416 e. The van der Waals surface area contributed by atoms with Gasteiger partial charge < -0.3 is 15.3 Å². The molecular formula is C31H41F3N2O4. The maximum atomic E-state index is 13.0. The van der Waals surface area contributed by atoms with Crippen molar-refractivity contribution in [1.82, 2.24) is 10.2 Å².